The zero-order valence-corrected chi connectivity index (χ0v) is 16.4. The maximum Gasteiger partial charge on any atom is 0.213 e. The van der Waals surface area contributed by atoms with Crippen molar-refractivity contribution in [2.75, 3.05) is 25.9 Å². The number of nitrogens with one attached hydrogen (secondary N) is 2. The van der Waals surface area contributed by atoms with E-state index in [9.17, 15) is 8.42 Å². The van der Waals surface area contributed by atoms with Gasteiger partial charge in [-0.3, -0.25) is 4.99 Å². The highest BCUT2D eigenvalue weighted by molar-refractivity contribution is 7.89. The van der Waals surface area contributed by atoms with Crippen LogP contribution in [0.5, 0.6) is 0 Å². The topological polar surface area (TPSA) is 86.7 Å². The lowest BCUT2D eigenvalue weighted by atomic mass is 10.1. The number of hydrogen-bond acceptors (Lipinski definition) is 5. The average molecular weight is 374 g/mol. The molecule has 0 unspecified atom stereocenters. The highest BCUT2D eigenvalue weighted by Crippen LogP contribution is 2.17. The van der Waals surface area contributed by atoms with E-state index in [1.165, 1.54) is 4.88 Å². The molecule has 24 heavy (non-hydrogen) atoms. The maximum absolute atomic E-state index is 11.9. The van der Waals surface area contributed by atoms with Crippen LogP contribution in [-0.2, 0) is 16.6 Å². The number of piperidine rings is 1. The first-order chi connectivity index (χ1) is 11.4. The molecule has 1 saturated heterocycles. The van der Waals surface area contributed by atoms with Crippen LogP contribution < -0.4 is 10.6 Å². The monoisotopic (exact) mass is 373 g/mol. The lowest BCUT2D eigenvalue weighted by molar-refractivity contribution is 0.306. The second-order valence-electron chi connectivity index (χ2n) is 5.89. The van der Waals surface area contributed by atoms with Gasteiger partial charge in [-0.2, -0.15) is 0 Å². The fraction of sp³-hybridized carbons (Fsp3) is 0.733. The SMILES string of the molecule is CCS(=O)(=O)N1CCC(NC(=NC)NCc2sc(C)nc2C)CC1. The fourth-order valence-corrected chi connectivity index (χ4v) is 4.76. The Labute approximate surface area is 148 Å². The van der Waals surface area contributed by atoms with Crippen LogP contribution in [0.15, 0.2) is 4.99 Å². The van der Waals surface area contributed by atoms with Crippen LogP contribution in [0.1, 0.15) is 35.3 Å². The number of aryl methyl sites for hydroxylation is 2. The Morgan fingerprint density at radius 2 is 2.04 bits per heavy atom. The van der Waals surface area contributed by atoms with Crippen LogP contribution in [0.4, 0.5) is 0 Å². The quantitative estimate of drug-likeness (QED) is 0.599. The minimum atomic E-state index is -3.07. The van der Waals surface area contributed by atoms with E-state index >= 15 is 0 Å². The van der Waals surface area contributed by atoms with E-state index in [-0.39, 0.29) is 11.8 Å². The molecular weight excluding hydrogens is 346 g/mol. The van der Waals surface area contributed by atoms with Crippen molar-refractivity contribution in [2.24, 2.45) is 4.99 Å². The minimum Gasteiger partial charge on any atom is -0.354 e. The van der Waals surface area contributed by atoms with Gasteiger partial charge in [0.15, 0.2) is 5.96 Å². The van der Waals surface area contributed by atoms with Crippen molar-refractivity contribution >= 4 is 27.3 Å². The third-order valence-electron chi connectivity index (χ3n) is 4.19. The molecule has 9 heteroatoms. The van der Waals surface area contributed by atoms with Crippen molar-refractivity contribution in [3.05, 3.63) is 15.6 Å². The van der Waals surface area contributed by atoms with Gasteiger partial charge in [-0.1, -0.05) is 0 Å². The number of hydrogen-bond donors (Lipinski definition) is 2. The van der Waals surface area contributed by atoms with E-state index in [1.807, 2.05) is 13.8 Å². The molecule has 136 valence electrons. The number of guanidine groups is 1. The van der Waals surface area contributed by atoms with E-state index in [1.54, 1.807) is 29.6 Å². The van der Waals surface area contributed by atoms with Crippen LogP contribution in [0, 0.1) is 13.8 Å². The van der Waals surface area contributed by atoms with Crippen LogP contribution in [0.25, 0.3) is 0 Å². The minimum absolute atomic E-state index is 0.169. The van der Waals surface area contributed by atoms with Gasteiger partial charge in [-0.25, -0.2) is 17.7 Å². The molecular formula is C15H27N5O2S2. The molecule has 0 bridgehead atoms. The van der Waals surface area contributed by atoms with E-state index in [2.05, 4.69) is 20.6 Å². The highest BCUT2D eigenvalue weighted by Gasteiger charge is 2.27. The Bertz CT molecular complexity index is 676. The number of rotatable bonds is 5. The molecule has 0 aliphatic carbocycles. The summed E-state index contributed by atoms with van der Waals surface area (Å²) >= 11 is 1.69. The predicted octanol–water partition coefficient (Wildman–Crippen LogP) is 1.24. The summed E-state index contributed by atoms with van der Waals surface area (Å²) in [7, 11) is -1.33. The van der Waals surface area contributed by atoms with Gasteiger partial charge in [0.1, 0.15) is 0 Å². The summed E-state index contributed by atoms with van der Waals surface area (Å²) in [6, 6.07) is 0.240. The third-order valence-corrected chi connectivity index (χ3v) is 7.15. The van der Waals surface area contributed by atoms with Gasteiger partial charge in [-0.15, -0.1) is 11.3 Å². The Kier molecular flexibility index (Phi) is 6.59. The molecule has 0 spiro atoms. The largest absolute Gasteiger partial charge is 0.354 e. The van der Waals surface area contributed by atoms with Crippen LogP contribution in [0.2, 0.25) is 0 Å². The number of aromatic nitrogens is 1. The molecule has 0 aromatic carbocycles. The molecule has 1 fully saturated rings. The van der Waals surface area contributed by atoms with Crippen molar-refractivity contribution in [1.29, 1.82) is 0 Å². The standard InChI is InChI=1S/C15H27N5O2S2/c1-5-24(21,22)20-8-6-13(7-9-20)19-15(16-4)17-10-14-11(2)18-12(3)23-14/h13H,5-10H2,1-4H3,(H2,16,17,19). The fourth-order valence-electron chi connectivity index (χ4n) is 2.75. The molecule has 2 heterocycles. The summed E-state index contributed by atoms with van der Waals surface area (Å²) in [5, 5.41) is 7.78. The number of nitrogens with zero attached hydrogens (tertiary/aromatic N) is 3. The molecule has 0 amide bonds. The predicted molar refractivity (Wildman–Crippen MR) is 99.0 cm³/mol. The van der Waals surface area contributed by atoms with Crippen molar-refractivity contribution in [1.82, 2.24) is 19.9 Å². The zero-order valence-electron chi connectivity index (χ0n) is 14.8. The van der Waals surface area contributed by atoms with Crippen molar-refractivity contribution in [3.63, 3.8) is 0 Å². The van der Waals surface area contributed by atoms with Gasteiger partial charge in [0.2, 0.25) is 10.0 Å². The molecule has 1 aromatic heterocycles. The zero-order chi connectivity index (χ0) is 17.7. The van der Waals surface area contributed by atoms with Gasteiger partial charge >= 0.3 is 0 Å². The van der Waals surface area contributed by atoms with E-state index < -0.39 is 10.0 Å². The molecule has 2 rings (SSSR count). The molecule has 0 radical (unpaired) electrons. The summed E-state index contributed by atoms with van der Waals surface area (Å²) in [5.74, 6) is 0.916. The van der Waals surface area contributed by atoms with Gasteiger partial charge in [0.25, 0.3) is 0 Å². The highest BCUT2D eigenvalue weighted by atomic mass is 32.2. The van der Waals surface area contributed by atoms with Crippen molar-refractivity contribution in [2.45, 2.75) is 46.2 Å². The molecule has 1 aliphatic heterocycles. The second kappa shape index (κ2) is 8.26. The summed E-state index contributed by atoms with van der Waals surface area (Å²) in [6.45, 7) is 7.54. The summed E-state index contributed by atoms with van der Waals surface area (Å²) in [4.78, 5) is 9.90. The van der Waals surface area contributed by atoms with Gasteiger partial charge in [0, 0.05) is 31.1 Å². The Morgan fingerprint density at radius 3 is 2.54 bits per heavy atom. The number of sulfonamides is 1. The lowest BCUT2D eigenvalue weighted by Crippen LogP contribution is -2.49. The maximum atomic E-state index is 11.9. The van der Waals surface area contributed by atoms with Gasteiger partial charge in [0.05, 0.1) is 23.0 Å². The molecule has 1 aromatic rings. The van der Waals surface area contributed by atoms with E-state index in [0.717, 1.165) is 29.5 Å². The lowest BCUT2D eigenvalue weighted by Gasteiger charge is -2.32. The number of thiazole rings is 1. The molecule has 7 nitrogen and oxygen atoms in total. The van der Waals surface area contributed by atoms with Crippen LogP contribution in [-0.4, -0.2) is 55.6 Å². The second-order valence-corrected chi connectivity index (χ2v) is 9.43. The van der Waals surface area contributed by atoms with E-state index in [4.69, 9.17) is 0 Å². The van der Waals surface area contributed by atoms with Crippen LogP contribution >= 0.6 is 11.3 Å². The normalized spacial score (nSPS) is 17.9. The first kappa shape index (κ1) is 19.1. The summed E-state index contributed by atoms with van der Waals surface area (Å²) in [6.07, 6.45) is 1.58. The molecule has 2 N–H and O–H groups in total. The van der Waals surface area contributed by atoms with Crippen molar-refractivity contribution in [3.8, 4) is 0 Å². The smallest absolute Gasteiger partial charge is 0.213 e. The average Bonchev–Trinajstić information content (AvgIpc) is 2.89. The van der Waals surface area contributed by atoms with E-state index in [0.29, 0.717) is 19.6 Å². The van der Waals surface area contributed by atoms with Gasteiger partial charge in [-0.05, 0) is 33.6 Å². The molecule has 0 saturated carbocycles. The Balaban J connectivity index is 1.83. The first-order valence-corrected chi connectivity index (χ1v) is 10.7. The summed E-state index contributed by atoms with van der Waals surface area (Å²) < 4.78 is 25.4. The van der Waals surface area contributed by atoms with Crippen LogP contribution in [0.3, 0.4) is 0 Å². The number of aliphatic imine (C=N–C) groups is 1. The molecule has 0 atom stereocenters. The Morgan fingerprint density at radius 1 is 1.38 bits per heavy atom. The molecule has 1 aliphatic rings. The van der Waals surface area contributed by atoms with Gasteiger partial charge < -0.3 is 10.6 Å². The summed E-state index contributed by atoms with van der Waals surface area (Å²) in [5.41, 5.74) is 1.05. The first-order valence-electron chi connectivity index (χ1n) is 8.23. The van der Waals surface area contributed by atoms with Crippen molar-refractivity contribution < 1.29 is 8.42 Å². The third kappa shape index (κ3) is 4.90. The Hall–Kier alpha value is -1.19.